The molecule has 31 heavy (non-hydrogen) atoms. The van der Waals surface area contributed by atoms with E-state index in [1.54, 1.807) is 6.07 Å². The molecule has 3 aromatic rings. The summed E-state index contributed by atoms with van der Waals surface area (Å²) in [5.74, 6) is -0.446. The second kappa shape index (κ2) is 9.03. The number of fused-ring (bicyclic) bond motifs is 1. The number of piperidine rings is 1. The highest BCUT2D eigenvalue weighted by Gasteiger charge is 2.26. The second-order valence-electron chi connectivity index (χ2n) is 7.24. The molecule has 2 heterocycles. The Kier molecular flexibility index (Phi) is 6.55. The quantitative estimate of drug-likeness (QED) is 0.511. The number of rotatable bonds is 4. The van der Waals surface area contributed by atoms with Gasteiger partial charge in [-0.2, -0.15) is 9.30 Å². The maximum absolute atomic E-state index is 12.8. The van der Waals surface area contributed by atoms with Crippen LogP contribution in [0.2, 0.25) is 10.0 Å². The summed E-state index contributed by atoms with van der Waals surface area (Å²) < 4.78 is 29.8. The molecule has 1 aliphatic heterocycles. The minimum atomic E-state index is -3.54. The molecule has 2 aromatic carbocycles. The Balaban J connectivity index is 1.66. The highest BCUT2D eigenvalue weighted by atomic mass is 35.5. The van der Waals surface area contributed by atoms with Crippen molar-refractivity contribution in [1.29, 1.82) is 0 Å². The number of thiazole rings is 1. The Bertz CT molecular complexity index is 1310. The van der Waals surface area contributed by atoms with Crippen LogP contribution in [0.5, 0.6) is 0 Å². The molecule has 1 aliphatic rings. The van der Waals surface area contributed by atoms with Crippen molar-refractivity contribution in [2.45, 2.75) is 37.6 Å². The van der Waals surface area contributed by atoms with E-state index in [4.69, 9.17) is 23.2 Å². The van der Waals surface area contributed by atoms with Crippen molar-refractivity contribution in [2.75, 3.05) is 13.1 Å². The zero-order valence-electron chi connectivity index (χ0n) is 16.8. The molecule has 10 heteroatoms. The molecular formula is C21H21Cl2N3O3S2. The van der Waals surface area contributed by atoms with Crippen LogP contribution >= 0.6 is 34.5 Å². The summed E-state index contributed by atoms with van der Waals surface area (Å²) in [5.41, 5.74) is 1.07. The van der Waals surface area contributed by atoms with Gasteiger partial charge in [-0.05, 0) is 56.2 Å². The molecule has 0 spiro atoms. The third-order valence-electron chi connectivity index (χ3n) is 5.30. The Hall–Kier alpha value is -1.71. The number of halogens is 2. The predicted octanol–water partition coefficient (Wildman–Crippen LogP) is 4.95. The van der Waals surface area contributed by atoms with Gasteiger partial charge >= 0.3 is 0 Å². The number of benzene rings is 2. The van der Waals surface area contributed by atoms with Crippen LogP contribution in [0.25, 0.3) is 10.2 Å². The lowest BCUT2D eigenvalue weighted by molar-refractivity contribution is 0.0997. The predicted molar refractivity (Wildman–Crippen MR) is 124 cm³/mol. The number of carbonyl (C=O) groups is 1. The van der Waals surface area contributed by atoms with Gasteiger partial charge in [0.2, 0.25) is 10.0 Å². The highest BCUT2D eigenvalue weighted by molar-refractivity contribution is 7.89. The van der Waals surface area contributed by atoms with Crippen molar-refractivity contribution >= 4 is 60.7 Å². The Labute approximate surface area is 194 Å². The zero-order valence-corrected chi connectivity index (χ0v) is 20.0. The smallest absolute Gasteiger partial charge is 0.279 e. The van der Waals surface area contributed by atoms with Crippen LogP contribution in [0.1, 0.15) is 36.5 Å². The first-order valence-electron chi connectivity index (χ1n) is 9.99. The average molecular weight is 498 g/mol. The van der Waals surface area contributed by atoms with E-state index in [2.05, 4.69) is 4.99 Å². The van der Waals surface area contributed by atoms with Crippen molar-refractivity contribution in [3.8, 4) is 0 Å². The SMILES string of the molecule is CCn1c(=NC(=O)c2ccc(S(=O)(=O)N3CCCCC3)cc2)sc2ccc(Cl)c(Cl)c21. The van der Waals surface area contributed by atoms with Gasteiger partial charge in [-0.1, -0.05) is 41.0 Å². The lowest BCUT2D eigenvalue weighted by atomic mass is 10.2. The normalized spacial score (nSPS) is 16.2. The van der Waals surface area contributed by atoms with Crippen molar-refractivity contribution in [3.05, 3.63) is 56.8 Å². The second-order valence-corrected chi connectivity index (χ2v) is 11.0. The summed E-state index contributed by atoms with van der Waals surface area (Å²) in [4.78, 5) is 17.8. The molecule has 6 nitrogen and oxygen atoms in total. The van der Waals surface area contributed by atoms with Gasteiger partial charge in [-0.25, -0.2) is 8.42 Å². The van der Waals surface area contributed by atoms with Crippen LogP contribution in [0.3, 0.4) is 0 Å². The summed E-state index contributed by atoms with van der Waals surface area (Å²) in [7, 11) is -3.54. The van der Waals surface area contributed by atoms with Gasteiger partial charge in [-0.3, -0.25) is 4.79 Å². The third-order valence-corrected chi connectivity index (χ3v) is 9.05. The van der Waals surface area contributed by atoms with E-state index < -0.39 is 15.9 Å². The molecule has 0 unspecified atom stereocenters. The highest BCUT2D eigenvalue weighted by Crippen LogP contribution is 2.32. The first-order valence-corrected chi connectivity index (χ1v) is 13.0. The van der Waals surface area contributed by atoms with Gasteiger partial charge in [0.1, 0.15) is 0 Å². The zero-order chi connectivity index (χ0) is 22.2. The minimum absolute atomic E-state index is 0.192. The summed E-state index contributed by atoms with van der Waals surface area (Å²) in [5, 5.41) is 0.871. The van der Waals surface area contributed by atoms with Crippen molar-refractivity contribution in [2.24, 2.45) is 4.99 Å². The van der Waals surface area contributed by atoms with Crippen LogP contribution in [-0.4, -0.2) is 36.3 Å². The van der Waals surface area contributed by atoms with Crippen molar-refractivity contribution in [3.63, 3.8) is 0 Å². The molecule has 0 aliphatic carbocycles. The van der Waals surface area contributed by atoms with Crippen LogP contribution in [0, 0.1) is 0 Å². The number of carbonyl (C=O) groups excluding carboxylic acids is 1. The molecular weight excluding hydrogens is 477 g/mol. The van der Waals surface area contributed by atoms with Gasteiger partial charge in [0.05, 0.1) is 25.2 Å². The van der Waals surface area contributed by atoms with E-state index in [0.29, 0.717) is 40.0 Å². The number of aromatic nitrogens is 1. The molecule has 0 atom stereocenters. The molecule has 0 radical (unpaired) electrons. The third kappa shape index (κ3) is 4.32. The Morgan fingerprint density at radius 3 is 2.39 bits per heavy atom. The van der Waals surface area contributed by atoms with E-state index in [0.717, 1.165) is 29.5 Å². The molecule has 1 fully saturated rings. The average Bonchev–Trinajstić information content (AvgIpc) is 3.14. The van der Waals surface area contributed by atoms with E-state index in [9.17, 15) is 13.2 Å². The molecule has 1 aromatic heterocycles. The molecule has 0 bridgehead atoms. The lowest BCUT2D eigenvalue weighted by Crippen LogP contribution is -2.35. The van der Waals surface area contributed by atoms with Gasteiger partial charge in [0.25, 0.3) is 5.91 Å². The van der Waals surface area contributed by atoms with E-state index in [1.165, 1.54) is 39.9 Å². The standard InChI is InChI=1S/C21H21Cl2N3O3S2/c1-2-26-19-17(11-10-16(22)18(19)23)30-21(26)24-20(27)14-6-8-15(9-7-14)31(28,29)25-12-4-3-5-13-25/h6-11H,2-5,12-13H2,1H3. The summed E-state index contributed by atoms with van der Waals surface area (Å²) in [6, 6.07) is 9.54. The first kappa shape index (κ1) is 22.5. The maximum Gasteiger partial charge on any atom is 0.279 e. The van der Waals surface area contributed by atoms with Gasteiger partial charge in [0.15, 0.2) is 4.80 Å². The Morgan fingerprint density at radius 2 is 1.74 bits per heavy atom. The van der Waals surface area contributed by atoms with Crippen LogP contribution in [-0.2, 0) is 16.6 Å². The van der Waals surface area contributed by atoms with Crippen molar-refractivity contribution in [1.82, 2.24) is 8.87 Å². The monoisotopic (exact) mass is 497 g/mol. The summed E-state index contributed by atoms with van der Waals surface area (Å²) >= 11 is 13.9. The van der Waals surface area contributed by atoms with Crippen molar-refractivity contribution < 1.29 is 13.2 Å². The molecule has 0 N–H and O–H groups in total. The first-order chi connectivity index (χ1) is 14.8. The van der Waals surface area contributed by atoms with E-state index >= 15 is 0 Å². The van der Waals surface area contributed by atoms with Crippen LogP contribution < -0.4 is 4.80 Å². The largest absolute Gasteiger partial charge is 0.315 e. The summed E-state index contributed by atoms with van der Waals surface area (Å²) in [6.45, 7) is 3.58. The fourth-order valence-corrected chi connectivity index (χ4v) is 6.75. The van der Waals surface area contributed by atoms with Gasteiger partial charge in [-0.15, -0.1) is 0 Å². The molecule has 4 rings (SSSR count). The van der Waals surface area contributed by atoms with Gasteiger partial charge in [0, 0.05) is 25.2 Å². The topological polar surface area (TPSA) is 71.7 Å². The number of sulfonamides is 1. The van der Waals surface area contributed by atoms with Crippen LogP contribution in [0.15, 0.2) is 46.3 Å². The Morgan fingerprint density at radius 1 is 1.06 bits per heavy atom. The molecule has 1 saturated heterocycles. The molecule has 0 saturated carbocycles. The molecule has 164 valence electrons. The molecule has 1 amide bonds. The maximum atomic E-state index is 12.8. The fourth-order valence-electron chi connectivity index (χ4n) is 3.66. The lowest BCUT2D eigenvalue weighted by Gasteiger charge is -2.25. The minimum Gasteiger partial charge on any atom is -0.315 e. The number of aryl methyl sites for hydroxylation is 1. The fraction of sp³-hybridized carbons (Fsp3) is 0.333. The van der Waals surface area contributed by atoms with E-state index in [-0.39, 0.29) is 4.90 Å². The van der Waals surface area contributed by atoms with E-state index in [1.807, 2.05) is 17.6 Å². The van der Waals surface area contributed by atoms with Gasteiger partial charge < -0.3 is 4.57 Å². The number of amides is 1. The number of nitrogens with zero attached hydrogens (tertiary/aromatic N) is 3. The van der Waals surface area contributed by atoms with Crippen LogP contribution in [0.4, 0.5) is 0 Å². The number of hydrogen-bond acceptors (Lipinski definition) is 4. The number of hydrogen-bond donors (Lipinski definition) is 0. The summed E-state index contributed by atoms with van der Waals surface area (Å²) in [6.07, 6.45) is 2.79.